The van der Waals surface area contributed by atoms with Gasteiger partial charge in [0.2, 0.25) is 10.0 Å². The van der Waals surface area contributed by atoms with E-state index >= 15 is 0 Å². The summed E-state index contributed by atoms with van der Waals surface area (Å²) >= 11 is 0. The maximum absolute atomic E-state index is 12.9. The molecule has 0 saturated carbocycles. The first-order valence-electron chi connectivity index (χ1n) is 6.52. The van der Waals surface area contributed by atoms with Gasteiger partial charge in [0, 0.05) is 32.3 Å². The fraction of sp³-hybridized carbons (Fsp3) is 0.538. The van der Waals surface area contributed by atoms with Crippen LogP contribution in [0.25, 0.3) is 0 Å². The molecule has 0 amide bonds. The summed E-state index contributed by atoms with van der Waals surface area (Å²) in [6, 6.07) is 4.86. The quantitative estimate of drug-likeness (QED) is 0.880. The minimum atomic E-state index is -3.60. The van der Waals surface area contributed by atoms with Crippen LogP contribution < -0.4 is 0 Å². The third-order valence-corrected chi connectivity index (χ3v) is 5.53. The Hall–Kier alpha value is -1.02. The van der Waals surface area contributed by atoms with Crippen LogP contribution in [-0.4, -0.2) is 62.1 Å². The molecule has 0 unspecified atom stereocenters. The molecular weight excluding hydrogens is 283 g/mol. The molecule has 112 valence electrons. The van der Waals surface area contributed by atoms with Crippen molar-refractivity contribution in [3.63, 3.8) is 0 Å². The van der Waals surface area contributed by atoms with E-state index in [1.165, 1.54) is 16.4 Å². The van der Waals surface area contributed by atoms with E-state index in [0.717, 1.165) is 12.1 Å². The lowest BCUT2D eigenvalue weighted by Gasteiger charge is -2.38. The third kappa shape index (κ3) is 3.17. The minimum absolute atomic E-state index is 0.00368. The van der Waals surface area contributed by atoms with Crippen LogP contribution in [0.15, 0.2) is 29.2 Å². The molecule has 0 aromatic heterocycles. The number of aliphatic hydroxyl groups excluding tert-OH is 1. The van der Waals surface area contributed by atoms with Crippen LogP contribution in [0.3, 0.4) is 0 Å². The monoisotopic (exact) mass is 302 g/mol. The van der Waals surface area contributed by atoms with Crippen molar-refractivity contribution in [2.45, 2.75) is 17.4 Å². The summed E-state index contributed by atoms with van der Waals surface area (Å²) in [7, 11) is -1.68. The van der Waals surface area contributed by atoms with Crippen LogP contribution >= 0.6 is 0 Å². The van der Waals surface area contributed by atoms with E-state index in [-0.39, 0.29) is 17.5 Å². The van der Waals surface area contributed by atoms with Gasteiger partial charge in [0.15, 0.2) is 0 Å². The molecule has 2 rings (SSSR count). The second-order valence-electron chi connectivity index (χ2n) is 4.96. The molecule has 7 heteroatoms. The van der Waals surface area contributed by atoms with Crippen molar-refractivity contribution in [1.82, 2.24) is 9.21 Å². The molecule has 1 saturated heterocycles. The first-order chi connectivity index (χ1) is 9.45. The fourth-order valence-corrected chi connectivity index (χ4v) is 3.82. The lowest BCUT2D eigenvalue weighted by molar-refractivity contribution is 0.120. The lowest BCUT2D eigenvalue weighted by Crippen LogP contribution is -2.53. The van der Waals surface area contributed by atoms with Crippen molar-refractivity contribution in [3.05, 3.63) is 30.1 Å². The zero-order valence-electron chi connectivity index (χ0n) is 11.4. The van der Waals surface area contributed by atoms with Crippen molar-refractivity contribution >= 4 is 10.0 Å². The summed E-state index contributed by atoms with van der Waals surface area (Å²) in [6.45, 7) is 1.39. The highest BCUT2D eigenvalue weighted by molar-refractivity contribution is 7.89. The van der Waals surface area contributed by atoms with Crippen LogP contribution in [0.5, 0.6) is 0 Å². The molecule has 1 atom stereocenters. The normalized spacial score (nSPS) is 22.1. The molecular formula is C13H19FN2O3S. The zero-order valence-corrected chi connectivity index (χ0v) is 12.2. The predicted molar refractivity (Wildman–Crippen MR) is 73.3 cm³/mol. The summed E-state index contributed by atoms with van der Waals surface area (Å²) in [5.41, 5.74) is 0. The zero-order chi connectivity index (χ0) is 14.8. The molecule has 1 aliphatic rings. The van der Waals surface area contributed by atoms with E-state index < -0.39 is 15.8 Å². The minimum Gasteiger partial charge on any atom is -0.396 e. The average Bonchev–Trinajstić information content (AvgIpc) is 2.42. The summed E-state index contributed by atoms with van der Waals surface area (Å²) in [4.78, 5) is 2.15. The lowest BCUT2D eigenvalue weighted by atomic mass is 10.1. The molecule has 1 aliphatic heterocycles. The van der Waals surface area contributed by atoms with Gasteiger partial charge in [-0.1, -0.05) is 0 Å². The van der Waals surface area contributed by atoms with Gasteiger partial charge >= 0.3 is 0 Å². The number of hydrogen-bond donors (Lipinski definition) is 1. The third-order valence-electron chi connectivity index (χ3n) is 3.65. The molecule has 0 aliphatic carbocycles. The largest absolute Gasteiger partial charge is 0.396 e. The van der Waals surface area contributed by atoms with E-state index in [4.69, 9.17) is 5.11 Å². The number of nitrogens with zero attached hydrogens (tertiary/aromatic N) is 2. The maximum atomic E-state index is 12.9. The smallest absolute Gasteiger partial charge is 0.243 e. The Kier molecular flexibility index (Phi) is 4.74. The van der Waals surface area contributed by atoms with Crippen LogP contribution in [0, 0.1) is 5.82 Å². The van der Waals surface area contributed by atoms with Crippen LogP contribution in [0.1, 0.15) is 6.42 Å². The Morgan fingerprint density at radius 2 is 1.95 bits per heavy atom. The van der Waals surface area contributed by atoms with Crippen molar-refractivity contribution in [1.29, 1.82) is 0 Å². The van der Waals surface area contributed by atoms with Gasteiger partial charge in [0.05, 0.1) is 4.90 Å². The van der Waals surface area contributed by atoms with Crippen molar-refractivity contribution in [2.24, 2.45) is 0 Å². The molecule has 0 spiro atoms. The Morgan fingerprint density at radius 1 is 1.30 bits per heavy atom. The van der Waals surface area contributed by atoms with Crippen molar-refractivity contribution in [3.8, 4) is 0 Å². The number of sulfonamides is 1. The van der Waals surface area contributed by atoms with E-state index in [9.17, 15) is 12.8 Å². The second kappa shape index (κ2) is 6.17. The number of likely N-dealkylation sites (N-methyl/N-ethyl adjacent to an activating group) is 1. The van der Waals surface area contributed by atoms with Gasteiger partial charge in [-0.05, 0) is 37.7 Å². The number of piperazine rings is 1. The number of rotatable bonds is 4. The molecule has 20 heavy (non-hydrogen) atoms. The topological polar surface area (TPSA) is 60.9 Å². The van der Waals surface area contributed by atoms with Gasteiger partial charge in [-0.15, -0.1) is 0 Å². The van der Waals surface area contributed by atoms with Gasteiger partial charge in [0.1, 0.15) is 5.82 Å². The van der Waals surface area contributed by atoms with Gasteiger partial charge in [0.25, 0.3) is 0 Å². The molecule has 1 aromatic rings. The summed E-state index contributed by atoms with van der Waals surface area (Å²) in [5, 5.41) is 9.04. The Bertz CT molecular complexity index is 547. The summed E-state index contributed by atoms with van der Waals surface area (Å²) in [5.74, 6) is -0.458. The Morgan fingerprint density at radius 3 is 2.55 bits per heavy atom. The highest BCUT2D eigenvalue weighted by Crippen LogP contribution is 2.20. The fourth-order valence-electron chi connectivity index (χ4n) is 2.35. The SMILES string of the molecule is CN1CCN(S(=O)(=O)c2ccc(F)cc2)C[C@H]1CCO. The number of aliphatic hydroxyl groups is 1. The molecule has 0 bridgehead atoms. The summed E-state index contributed by atoms with van der Waals surface area (Å²) < 4.78 is 39.2. The predicted octanol–water partition coefficient (Wildman–Crippen LogP) is 0.513. The Balaban J connectivity index is 2.19. The maximum Gasteiger partial charge on any atom is 0.243 e. The van der Waals surface area contributed by atoms with Crippen molar-refractivity contribution < 1.29 is 17.9 Å². The molecule has 5 nitrogen and oxygen atoms in total. The molecule has 1 heterocycles. The van der Waals surface area contributed by atoms with Gasteiger partial charge in [-0.3, -0.25) is 0 Å². The van der Waals surface area contributed by atoms with E-state index in [1.807, 2.05) is 11.9 Å². The van der Waals surface area contributed by atoms with Crippen molar-refractivity contribution in [2.75, 3.05) is 33.3 Å². The van der Waals surface area contributed by atoms with Gasteiger partial charge in [-0.25, -0.2) is 12.8 Å². The van der Waals surface area contributed by atoms with Crippen LogP contribution in [0.4, 0.5) is 4.39 Å². The first kappa shape index (κ1) is 15.4. The van der Waals surface area contributed by atoms with Crippen LogP contribution in [0.2, 0.25) is 0 Å². The molecule has 1 fully saturated rings. The number of halogens is 1. The van der Waals surface area contributed by atoms with Crippen LogP contribution in [-0.2, 0) is 10.0 Å². The molecule has 1 N–H and O–H groups in total. The van der Waals surface area contributed by atoms with Gasteiger partial charge < -0.3 is 10.0 Å². The number of hydrogen-bond acceptors (Lipinski definition) is 4. The number of benzene rings is 1. The highest BCUT2D eigenvalue weighted by atomic mass is 32.2. The second-order valence-corrected chi connectivity index (χ2v) is 6.90. The van der Waals surface area contributed by atoms with E-state index in [0.29, 0.717) is 26.1 Å². The highest BCUT2D eigenvalue weighted by Gasteiger charge is 2.32. The van der Waals surface area contributed by atoms with E-state index in [2.05, 4.69) is 0 Å². The Labute approximate surface area is 118 Å². The summed E-state index contributed by atoms with van der Waals surface area (Å²) in [6.07, 6.45) is 0.534. The average molecular weight is 302 g/mol. The molecule has 0 radical (unpaired) electrons. The standard InChI is InChI=1S/C13H19FN2O3S/c1-15-7-8-16(10-12(15)6-9-17)20(18,19)13-4-2-11(14)3-5-13/h2-5,12,17H,6-10H2,1H3/t12-/m1/s1. The van der Waals surface area contributed by atoms with E-state index in [1.54, 1.807) is 0 Å². The molecule has 1 aromatic carbocycles. The van der Waals surface area contributed by atoms with Gasteiger partial charge in [-0.2, -0.15) is 4.31 Å². The first-order valence-corrected chi connectivity index (χ1v) is 7.96.